The summed E-state index contributed by atoms with van der Waals surface area (Å²) in [4.78, 5) is 0. The van der Waals surface area contributed by atoms with Crippen LogP contribution in [0.25, 0.3) is 0 Å². The highest BCUT2D eigenvalue weighted by Crippen LogP contribution is 2.38. The Morgan fingerprint density at radius 1 is 1.14 bits per heavy atom. The summed E-state index contributed by atoms with van der Waals surface area (Å²) >= 11 is 6.10. The number of alkyl halides is 3. The van der Waals surface area contributed by atoms with Gasteiger partial charge in [-0.25, -0.2) is 0 Å². The first-order valence-corrected chi connectivity index (χ1v) is 7.19. The molecule has 1 aromatic rings. The lowest BCUT2D eigenvalue weighted by Crippen LogP contribution is -2.18. The zero-order chi connectivity index (χ0) is 15.3. The van der Waals surface area contributed by atoms with Gasteiger partial charge in [0.1, 0.15) is 13.2 Å². The van der Waals surface area contributed by atoms with E-state index in [-0.39, 0.29) is 6.42 Å². The van der Waals surface area contributed by atoms with Crippen molar-refractivity contribution in [2.24, 2.45) is 0 Å². The van der Waals surface area contributed by atoms with E-state index >= 15 is 0 Å². The molecule has 0 bridgehead atoms. The van der Waals surface area contributed by atoms with Gasteiger partial charge in [-0.2, -0.15) is 13.2 Å². The molecule has 1 aromatic carbocycles. The van der Waals surface area contributed by atoms with Crippen LogP contribution in [0, 0.1) is 0 Å². The molecule has 0 fully saturated rings. The molecule has 0 aliphatic carbocycles. The van der Waals surface area contributed by atoms with Crippen LogP contribution in [0.4, 0.5) is 13.2 Å². The number of rotatable bonds is 6. The van der Waals surface area contributed by atoms with E-state index in [1.807, 2.05) is 6.07 Å². The molecule has 21 heavy (non-hydrogen) atoms. The summed E-state index contributed by atoms with van der Waals surface area (Å²) in [5.41, 5.74) is 0.917. The Labute approximate surface area is 126 Å². The minimum Gasteiger partial charge on any atom is -0.486 e. The number of nitrogens with one attached hydrogen (secondary N) is 1. The fourth-order valence-corrected chi connectivity index (χ4v) is 2.36. The molecule has 0 aromatic heterocycles. The lowest BCUT2D eigenvalue weighted by atomic mass is 10.2. The SMILES string of the molecule is FC(F)(F)CCCCNCc1cc(Cl)c2c(c1)OCCO2. The van der Waals surface area contributed by atoms with Crippen molar-refractivity contribution >= 4 is 11.6 Å². The van der Waals surface area contributed by atoms with E-state index in [0.717, 1.165) is 5.56 Å². The van der Waals surface area contributed by atoms with Gasteiger partial charge in [0, 0.05) is 13.0 Å². The third-order valence-electron chi connectivity index (χ3n) is 3.05. The van der Waals surface area contributed by atoms with Crippen LogP contribution in [0.15, 0.2) is 12.1 Å². The molecule has 1 heterocycles. The highest BCUT2D eigenvalue weighted by Gasteiger charge is 2.25. The van der Waals surface area contributed by atoms with Crippen LogP contribution in [0.1, 0.15) is 24.8 Å². The van der Waals surface area contributed by atoms with Crippen molar-refractivity contribution in [3.8, 4) is 11.5 Å². The molecule has 0 unspecified atom stereocenters. The lowest BCUT2D eigenvalue weighted by Gasteiger charge is -2.20. The van der Waals surface area contributed by atoms with Crippen LogP contribution >= 0.6 is 11.6 Å². The molecule has 1 aliphatic heterocycles. The summed E-state index contributed by atoms with van der Waals surface area (Å²) in [7, 11) is 0. The Bertz CT molecular complexity index is 480. The number of ether oxygens (including phenoxy) is 2. The third kappa shape index (κ3) is 5.28. The number of halogens is 4. The predicted octanol–water partition coefficient (Wildman–Crippen LogP) is 3.93. The van der Waals surface area contributed by atoms with Crippen molar-refractivity contribution in [2.45, 2.75) is 32.0 Å². The fourth-order valence-electron chi connectivity index (χ4n) is 2.07. The summed E-state index contributed by atoms with van der Waals surface area (Å²) in [5.74, 6) is 1.17. The van der Waals surface area contributed by atoms with Crippen LogP contribution in [-0.2, 0) is 6.54 Å². The minimum absolute atomic E-state index is 0.137. The van der Waals surface area contributed by atoms with Crippen LogP contribution in [-0.4, -0.2) is 25.9 Å². The van der Waals surface area contributed by atoms with Crippen LogP contribution < -0.4 is 14.8 Å². The van der Waals surface area contributed by atoms with Crippen LogP contribution in [0.3, 0.4) is 0 Å². The predicted molar refractivity (Wildman–Crippen MR) is 74.1 cm³/mol. The molecule has 118 valence electrons. The first-order valence-electron chi connectivity index (χ1n) is 6.81. The second kappa shape index (κ2) is 7.22. The highest BCUT2D eigenvalue weighted by molar-refractivity contribution is 6.32. The van der Waals surface area contributed by atoms with Gasteiger partial charge in [-0.05, 0) is 37.1 Å². The maximum Gasteiger partial charge on any atom is 0.389 e. The molecule has 0 saturated carbocycles. The summed E-state index contributed by atoms with van der Waals surface area (Å²) in [6, 6.07) is 3.61. The molecule has 2 rings (SSSR count). The van der Waals surface area contributed by atoms with E-state index in [0.29, 0.717) is 49.2 Å². The first kappa shape index (κ1) is 16.2. The molecule has 0 radical (unpaired) electrons. The molecule has 3 nitrogen and oxygen atoms in total. The van der Waals surface area contributed by atoms with Gasteiger partial charge in [-0.1, -0.05) is 11.6 Å². The van der Waals surface area contributed by atoms with Gasteiger partial charge in [0.25, 0.3) is 0 Å². The zero-order valence-corrected chi connectivity index (χ0v) is 12.2. The van der Waals surface area contributed by atoms with E-state index in [9.17, 15) is 13.2 Å². The van der Waals surface area contributed by atoms with E-state index in [4.69, 9.17) is 21.1 Å². The average molecular weight is 324 g/mol. The van der Waals surface area contributed by atoms with Gasteiger partial charge < -0.3 is 14.8 Å². The van der Waals surface area contributed by atoms with E-state index in [1.165, 1.54) is 0 Å². The lowest BCUT2D eigenvalue weighted by molar-refractivity contribution is -0.135. The average Bonchev–Trinajstić information content (AvgIpc) is 2.41. The van der Waals surface area contributed by atoms with Crippen molar-refractivity contribution in [1.82, 2.24) is 5.32 Å². The number of unbranched alkanes of at least 4 members (excludes halogenated alkanes) is 1. The molecule has 0 spiro atoms. The number of benzene rings is 1. The largest absolute Gasteiger partial charge is 0.486 e. The summed E-state index contributed by atoms with van der Waals surface area (Å²) in [6.45, 7) is 2.02. The zero-order valence-electron chi connectivity index (χ0n) is 11.4. The molecule has 1 aliphatic rings. The van der Waals surface area contributed by atoms with Crippen molar-refractivity contribution in [1.29, 1.82) is 0 Å². The fraction of sp³-hybridized carbons (Fsp3) is 0.571. The topological polar surface area (TPSA) is 30.5 Å². The molecule has 0 saturated heterocycles. The van der Waals surface area contributed by atoms with Gasteiger partial charge in [-0.15, -0.1) is 0 Å². The van der Waals surface area contributed by atoms with E-state index < -0.39 is 12.6 Å². The maximum absolute atomic E-state index is 12.0. The standard InChI is InChI=1S/C14H17ClF3NO2/c15-11-7-10(8-12-13(11)21-6-5-20-12)9-19-4-2-1-3-14(16,17)18/h7-8,19H,1-6,9H2. The third-order valence-corrected chi connectivity index (χ3v) is 3.33. The molecule has 1 N–H and O–H groups in total. The van der Waals surface area contributed by atoms with Gasteiger partial charge in [0.2, 0.25) is 0 Å². The quantitative estimate of drug-likeness (QED) is 0.805. The molecular weight excluding hydrogens is 307 g/mol. The summed E-state index contributed by atoms with van der Waals surface area (Å²) < 4.78 is 46.8. The minimum atomic E-state index is -4.07. The van der Waals surface area contributed by atoms with Crippen LogP contribution in [0.2, 0.25) is 5.02 Å². The van der Waals surface area contributed by atoms with Crippen molar-refractivity contribution < 1.29 is 22.6 Å². The Balaban J connectivity index is 1.75. The number of hydrogen-bond acceptors (Lipinski definition) is 3. The van der Waals surface area contributed by atoms with Crippen LogP contribution in [0.5, 0.6) is 11.5 Å². The van der Waals surface area contributed by atoms with Crippen molar-refractivity contribution in [3.63, 3.8) is 0 Å². The number of fused-ring (bicyclic) bond motifs is 1. The monoisotopic (exact) mass is 323 g/mol. The Hall–Kier alpha value is -1.14. The second-order valence-electron chi connectivity index (χ2n) is 4.85. The van der Waals surface area contributed by atoms with Gasteiger partial charge in [-0.3, -0.25) is 0 Å². The Morgan fingerprint density at radius 3 is 2.67 bits per heavy atom. The van der Waals surface area contributed by atoms with E-state index in [2.05, 4.69) is 5.32 Å². The van der Waals surface area contributed by atoms with E-state index in [1.54, 1.807) is 6.07 Å². The Kier molecular flexibility index (Phi) is 5.58. The number of hydrogen-bond donors (Lipinski definition) is 1. The smallest absolute Gasteiger partial charge is 0.389 e. The van der Waals surface area contributed by atoms with Gasteiger partial charge >= 0.3 is 6.18 Å². The molecule has 0 atom stereocenters. The summed E-state index contributed by atoms with van der Waals surface area (Å²) in [5, 5.41) is 3.59. The molecule has 0 amide bonds. The maximum atomic E-state index is 12.0. The molecule has 7 heteroatoms. The second-order valence-corrected chi connectivity index (χ2v) is 5.26. The Morgan fingerprint density at radius 2 is 1.90 bits per heavy atom. The summed E-state index contributed by atoms with van der Waals surface area (Å²) in [6.07, 6.45) is -4.18. The highest BCUT2D eigenvalue weighted by atomic mass is 35.5. The van der Waals surface area contributed by atoms with Gasteiger partial charge in [0.05, 0.1) is 5.02 Å². The van der Waals surface area contributed by atoms with Gasteiger partial charge in [0.15, 0.2) is 11.5 Å². The van der Waals surface area contributed by atoms with Crippen molar-refractivity contribution in [2.75, 3.05) is 19.8 Å². The first-order chi connectivity index (χ1) is 9.96. The normalized spacial score (nSPS) is 14.3. The van der Waals surface area contributed by atoms with Crippen molar-refractivity contribution in [3.05, 3.63) is 22.7 Å². The molecular formula is C14H17ClF3NO2.